The summed E-state index contributed by atoms with van der Waals surface area (Å²) in [6, 6.07) is 17.8. The second kappa shape index (κ2) is 7.91. The van der Waals surface area contributed by atoms with Crippen LogP contribution in [0.5, 0.6) is 0 Å². The summed E-state index contributed by atoms with van der Waals surface area (Å²) in [6.07, 6.45) is 4.55. The van der Waals surface area contributed by atoms with Crippen molar-refractivity contribution in [1.29, 1.82) is 0 Å². The van der Waals surface area contributed by atoms with Crippen LogP contribution in [0.25, 0.3) is 0 Å². The topological polar surface area (TPSA) is 35.6 Å². The van der Waals surface area contributed by atoms with Gasteiger partial charge < -0.3 is 10.2 Å². The van der Waals surface area contributed by atoms with Gasteiger partial charge in [-0.25, -0.2) is 4.79 Å². The van der Waals surface area contributed by atoms with Crippen molar-refractivity contribution in [2.45, 2.75) is 37.8 Å². The van der Waals surface area contributed by atoms with E-state index in [2.05, 4.69) is 22.3 Å². The number of piperidine rings is 1. The van der Waals surface area contributed by atoms with Crippen molar-refractivity contribution in [2.24, 2.45) is 0 Å². The van der Waals surface area contributed by atoms with Gasteiger partial charge in [-0.2, -0.15) is 0 Å². The molecular weight excluding hydrogens is 358 g/mol. The van der Waals surface area contributed by atoms with Gasteiger partial charge in [-0.05, 0) is 62.1 Å². The number of hydrogen-bond donors (Lipinski definition) is 1. The van der Waals surface area contributed by atoms with Gasteiger partial charge in [0.15, 0.2) is 0 Å². The van der Waals surface area contributed by atoms with Gasteiger partial charge >= 0.3 is 6.03 Å². The average molecular weight is 384 g/mol. The summed E-state index contributed by atoms with van der Waals surface area (Å²) in [5.74, 6) is 0. The highest BCUT2D eigenvalue weighted by Crippen LogP contribution is 2.38. The molecule has 0 aliphatic carbocycles. The van der Waals surface area contributed by atoms with Crippen molar-refractivity contribution in [3.05, 3.63) is 65.2 Å². The third-order valence-electron chi connectivity index (χ3n) is 5.87. The summed E-state index contributed by atoms with van der Waals surface area (Å²) >= 11 is 6.17. The van der Waals surface area contributed by atoms with Gasteiger partial charge in [0.1, 0.15) is 0 Å². The molecule has 5 heteroatoms. The average Bonchev–Trinajstić information content (AvgIpc) is 3.04. The van der Waals surface area contributed by atoms with Gasteiger partial charge in [-0.15, -0.1) is 0 Å². The highest BCUT2D eigenvalue weighted by molar-refractivity contribution is 6.30. The number of carbonyl (C=O) groups is 1. The highest BCUT2D eigenvalue weighted by atomic mass is 35.5. The molecule has 0 aromatic heterocycles. The van der Waals surface area contributed by atoms with Gasteiger partial charge in [0.2, 0.25) is 0 Å². The van der Waals surface area contributed by atoms with E-state index < -0.39 is 0 Å². The van der Waals surface area contributed by atoms with Crippen molar-refractivity contribution in [3.63, 3.8) is 0 Å². The third kappa shape index (κ3) is 4.12. The molecule has 0 unspecified atom stereocenters. The minimum atomic E-state index is 0.00915. The smallest absolute Gasteiger partial charge is 0.321 e. The van der Waals surface area contributed by atoms with E-state index in [-0.39, 0.29) is 11.6 Å². The minimum Gasteiger partial charge on any atom is -0.323 e. The molecule has 1 N–H and O–H groups in total. The Labute approximate surface area is 166 Å². The number of hydrogen-bond acceptors (Lipinski definition) is 2. The summed E-state index contributed by atoms with van der Waals surface area (Å²) in [5, 5.41) is 3.83. The molecule has 27 heavy (non-hydrogen) atoms. The first-order chi connectivity index (χ1) is 13.1. The molecule has 2 aromatic rings. The van der Waals surface area contributed by atoms with Crippen LogP contribution in [0.2, 0.25) is 5.02 Å². The van der Waals surface area contributed by atoms with Crippen molar-refractivity contribution < 1.29 is 4.79 Å². The Morgan fingerprint density at radius 2 is 1.81 bits per heavy atom. The Kier molecular flexibility index (Phi) is 5.37. The van der Waals surface area contributed by atoms with E-state index in [1.165, 1.54) is 12.0 Å². The van der Waals surface area contributed by atoms with E-state index >= 15 is 0 Å². The summed E-state index contributed by atoms with van der Waals surface area (Å²) in [6.45, 7) is 3.60. The fourth-order valence-corrected chi connectivity index (χ4v) is 4.78. The van der Waals surface area contributed by atoms with Gasteiger partial charge in [-0.3, -0.25) is 4.90 Å². The predicted octanol–water partition coefficient (Wildman–Crippen LogP) is 5.00. The van der Waals surface area contributed by atoms with Crippen molar-refractivity contribution in [1.82, 2.24) is 9.80 Å². The summed E-state index contributed by atoms with van der Waals surface area (Å²) in [7, 11) is 0. The van der Waals surface area contributed by atoms with Crippen LogP contribution in [0, 0.1) is 0 Å². The number of urea groups is 1. The van der Waals surface area contributed by atoms with Gasteiger partial charge in [0, 0.05) is 35.9 Å². The number of carbonyl (C=O) groups excluding carboxylic acids is 1. The molecule has 2 aliphatic rings. The second-order valence-corrected chi connectivity index (χ2v) is 8.14. The Hall–Kier alpha value is -2.04. The van der Waals surface area contributed by atoms with E-state index in [1.807, 2.05) is 47.4 Å². The zero-order valence-electron chi connectivity index (χ0n) is 15.5. The molecule has 2 aliphatic heterocycles. The van der Waals surface area contributed by atoms with Crippen LogP contribution in [0.15, 0.2) is 54.6 Å². The normalized spacial score (nSPS) is 22.9. The number of nitrogens with one attached hydrogen (secondary N) is 1. The Balaban J connectivity index is 1.46. The second-order valence-electron chi connectivity index (χ2n) is 7.70. The van der Waals surface area contributed by atoms with Crippen LogP contribution >= 0.6 is 11.6 Å². The molecule has 142 valence electrons. The Bertz CT molecular complexity index is 797. The number of benzene rings is 2. The molecule has 1 spiro atoms. The first-order valence-electron chi connectivity index (χ1n) is 9.75. The highest BCUT2D eigenvalue weighted by Gasteiger charge is 2.44. The molecule has 2 fully saturated rings. The number of halogens is 1. The Morgan fingerprint density at radius 3 is 2.59 bits per heavy atom. The minimum absolute atomic E-state index is 0.00915. The number of likely N-dealkylation sites (tertiary alicyclic amines) is 2. The van der Waals surface area contributed by atoms with E-state index in [4.69, 9.17) is 11.6 Å². The zero-order chi connectivity index (χ0) is 18.7. The molecule has 2 heterocycles. The van der Waals surface area contributed by atoms with Crippen LogP contribution in [-0.2, 0) is 6.54 Å². The number of rotatable bonds is 3. The SMILES string of the molecule is O=C(Nc1ccccc1)N1CCC[C@]2(CCCN2Cc2cccc(Cl)c2)C1. The first kappa shape index (κ1) is 18.3. The van der Waals surface area contributed by atoms with Gasteiger partial charge in [0.25, 0.3) is 0 Å². The van der Waals surface area contributed by atoms with Crippen LogP contribution in [0.1, 0.15) is 31.2 Å². The predicted molar refractivity (Wildman–Crippen MR) is 110 cm³/mol. The van der Waals surface area contributed by atoms with Gasteiger partial charge in [-0.1, -0.05) is 41.9 Å². The molecule has 2 saturated heterocycles. The van der Waals surface area contributed by atoms with Crippen molar-refractivity contribution >= 4 is 23.3 Å². The van der Waals surface area contributed by atoms with E-state index in [0.717, 1.165) is 56.2 Å². The molecule has 4 nitrogen and oxygen atoms in total. The maximum atomic E-state index is 12.8. The molecule has 4 rings (SSSR count). The molecule has 1 atom stereocenters. The number of amides is 2. The number of nitrogens with zero attached hydrogens (tertiary/aromatic N) is 2. The van der Waals surface area contributed by atoms with Crippen LogP contribution < -0.4 is 5.32 Å². The molecule has 0 saturated carbocycles. The lowest BCUT2D eigenvalue weighted by Gasteiger charge is -2.46. The number of anilines is 1. The monoisotopic (exact) mass is 383 g/mol. The van der Waals surface area contributed by atoms with Crippen LogP contribution in [-0.4, -0.2) is 41.0 Å². The molecular formula is C22H26ClN3O. The summed E-state index contributed by atoms with van der Waals surface area (Å²) < 4.78 is 0. The lowest BCUT2D eigenvalue weighted by Crippen LogP contribution is -2.57. The third-order valence-corrected chi connectivity index (χ3v) is 6.11. The maximum Gasteiger partial charge on any atom is 0.321 e. The summed E-state index contributed by atoms with van der Waals surface area (Å²) in [5.41, 5.74) is 2.19. The molecule has 2 amide bonds. The van der Waals surface area contributed by atoms with Crippen molar-refractivity contribution in [3.8, 4) is 0 Å². The van der Waals surface area contributed by atoms with Gasteiger partial charge in [0.05, 0.1) is 0 Å². The van der Waals surface area contributed by atoms with Crippen LogP contribution in [0.3, 0.4) is 0 Å². The number of para-hydroxylation sites is 1. The van der Waals surface area contributed by atoms with Crippen molar-refractivity contribution in [2.75, 3.05) is 25.0 Å². The fraction of sp³-hybridized carbons (Fsp3) is 0.409. The molecule has 2 aromatic carbocycles. The van der Waals surface area contributed by atoms with Crippen LogP contribution in [0.4, 0.5) is 10.5 Å². The van der Waals surface area contributed by atoms with E-state index in [1.54, 1.807) is 0 Å². The summed E-state index contributed by atoms with van der Waals surface area (Å²) in [4.78, 5) is 17.4. The fourth-order valence-electron chi connectivity index (χ4n) is 4.57. The maximum absolute atomic E-state index is 12.8. The lowest BCUT2D eigenvalue weighted by atomic mass is 9.86. The Morgan fingerprint density at radius 1 is 1.04 bits per heavy atom. The zero-order valence-corrected chi connectivity index (χ0v) is 16.3. The van der Waals surface area contributed by atoms with E-state index in [0.29, 0.717) is 0 Å². The largest absolute Gasteiger partial charge is 0.323 e. The molecule has 0 bridgehead atoms. The standard InChI is InChI=1S/C22H26ClN3O/c23-19-8-4-7-18(15-19)16-26-14-6-12-22(26)11-5-13-25(17-22)21(27)24-20-9-2-1-3-10-20/h1-4,7-10,15H,5-6,11-14,16-17H2,(H,24,27)/t22-/m0/s1. The molecule has 0 radical (unpaired) electrons. The quantitative estimate of drug-likeness (QED) is 0.809. The van der Waals surface area contributed by atoms with E-state index in [9.17, 15) is 4.79 Å². The first-order valence-corrected chi connectivity index (χ1v) is 10.1. The lowest BCUT2D eigenvalue weighted by molar-refractivity contribution is 0.0534.